The fraction of sp³-hybridized carbons (Fsp3) is 0.490. The van der Waals surface area contributed by atoms with E-state index in [4.69, 9.17) is 46.9 Å². The first-order valence-corrected chi connectivity index (χ1v) is 25.4. The molecule has 2 aliphatic rings. The van der Waals surface area contributed by atoms with Gasteiger partial charge in [-0.15, -0.1) is 0 Å². The first-order valence-electron chi connectivity index (χ1n) is 25.4. The SMILES string of the molecule is C=CCOC(=O)OC(C(N)=O)[C@@H](NC(=O)OCC1c2ccccc2-c2ccccc21)C(=O)O.CCOC(=O)C(O)C(O)C(=O)OCC.CCOC(=O)[C@@H](O)[C@H](N=[N+]=[N-])C(=O)OCC.CCOC(=O)[C@H]1O[C@@H]1C(=O)OCC.NC(=O)[C@@H](O)[C@@H](N)C(=O)O. The number of benzene rings is 2. The zero-order chi connectivity index (χ0) is 65.8. The number of fused-ring (bicyclic) bond motifs is 3. The lowest BCUT2D eigenvalue weighted by Gasteiger charge is -2.22. The van der Waals surface area contributed by atoms with Gasteiger partial charge in [-0.1, -0.05) is 66.3 Å². The number of amides is 3. The number of nitrogens with one attached hydrogen (secondary N) is 1. The number of primary amides is 2. The molecule has 0 spiro atoms. The van der Waals surface area contributed by atoms with Crippen LogP contribution in [0.4, 0.5) is 9.59 Å². The van der Waals surface area contributed by atoms with Crippen molar-refractivity contribution >= 4 is 71.8 Å². The molecule has 0 aromatic heterocycles. The molecule has 3 unspecified atom stereocenters. The van der Waals surface area contributed by atoms with Crippen LogP contribution in [0, 0.1) is 0 Å². The van der Waals surface area contributed by atoms with Gasteiger partial charge in [-0.2, -0.15) is 0 Å². The van der Waals surface area contributed by atoms with Crippen LogP contribution < -0.4 is 22.5 Å². The molecule has 2 aromatic rings. The summed E-state index contributed by atoms with van der Waals surface area (Å²) in [6.45, 7) is 13.4. The highest BCUT2D eigenvalue weighted by Crippen LogP contribution is 2.44. The van der Waals surface area contributed by atoms with Gasteiger partial charge in [0.1, 0.15) is 19.3 Å². The molecule has 1 aliphatic carbocycles. The number of hydrogen-bond donors (Lipinski definition) is 10. The molecule has 0 radical (unpaired) electrons. The van der Waals surface area contributed by atoms with Crippen LogP contribution in [-0.2, 0) is 95.3 Å². The van der Waals surface area contributed by atoms with Crippen LogP contribution in [0.25, 0.3) is 21.6 Å². The summed E-state index contributed by atoms with van der Waals surface area (Å²) >= 11 is 0. The molecule has 3 amide bonds. The average molecular weight is 1230 g/mol. The highest BCUT2D eigenvalue weighted by molar-refractivity contribution is 5.92. The minimum Gasteiger partial charge on any atom is -0.480 e. The van der Waals surface area contributed by atoms with Crippen LogP contribution in [0.1, 0.15) is 58.6 Å². The summed E-state index contributed by atoms with van der Waals surface area (Å²) in [5, 5.41) is 58.7. The van der Waals surface area contributed by atoms with E-state index < -0.39 is 133 Å². The Hall–Kier alpha value is -9.51. The molecule has 10 atom stereocenters. The molecule has 1 aliphatic heterocycles. The number of ether oxygens (including phenoxy) is 10. The van der Waals surface area contributed by atoms with Crippen molar-refractivity contribution in [3.63, 3.8) is 0 Å². The maximum atomic E-state index is 12.4. The number of carboxylic acids is 2. The number of aliphatic hydroxyl groups excluding tert-OH is 4. The van der Waals surface area contributed by atoms with E-state index in [2.05, 4.69) is 60.2 Å². The van der Waals surface area contributed by atoms with E-state index in [1.165, 1.54) is 13.0 Å². The van der Waals surface area contributed by atoms with Gasteiger partial charge in [0.15, 0.2) is 48.7 Å². The number of aliphatic carboxylic acids is 2. The second kappa shape index (κ2) is 40.7. The lowest BCUT2D eigenvalue weighted by atomic mass is 9.98. The van der Waals surface area contributed by atoms with Gasteiger partial charge in [-0.05, 0) is 69.3 Å². The monoisotopic (exact) mass is 1230 g/mol. The number of hydrogen-bond acceptors (Lipinski definition) is 28. The van der Waals surface area contributed by atoms with Crippen LogP contribution in [0.3, 0.4) is 0 Å². The Balaban J connectivity index is 0.00000115. The first-order chi connectivity index (χ1) is 40.6. The maximum absolute atomic E-state index is 12.4. The molecule has 2 aromatic carbocycles. The first kappa shape index (κ1) is 76.5. The third-order valence-electron chi connectivity index (χ3n) is 10.3. The average Bonchev–Trinajstić information content (AvgIpc) is 2.49. The van der Waals surface area contributed by atoms with E-state index >= 15 is 0 Å². The van der Waals surface area contributed by atoms with Crippen molar-refractivity contribution in [3.8, 4) is 11.1 Å². The van der Waals surface area contributed by atoms with E-state index in [1.807, 2.05) is 53.8 Å². The minimum atomic E-state index is -2.03. The standard InChI is InChI=1S/C23H22N2O8.C8H13N3O5.C8H14O6.C8H12O5.C4H8N2O4/c1-2-11-31-23(30)33-19(20(24)26)18(21(27)28)25-22(29)32-12-17-15-9-5-3-7-13(15)14-8-4-6-10-16(14)17;1-3-15-7(13)5(10-11-9)6(12)8(14)16-4-2;1-3-13-7(11)5(9)6(10)8(12)14-4-2;1-3-11-7(9)5-6(13-5)8(10)12-4-2;5-1(4(9)10)2(7)3(6)8/h2-10,17-19H,1,11-12H2,(H2,24,26)(H,25,29)(H,27,28);5-6,12H,3-4H2,1-2H3;5-6,9-10H,3-4H2,1-2H3;5-6H,3-4H2,1-2H3;1-2,7H,5H2,(H2,6,8)(H,9,10)/t18-,19?;5-,6-;;5-,6-;1-,2+/m10.01/s1. The predicted molar refractivity (Wildman–Crippen MR) is 285 cm³/mol. The maximum Gasteiger partial charge on any atom is 0.509 e. The third kappa shape index (κ3) is 26.0. The molecule has 1 saturated heterocycles. The van der Waals surface area contributed by atoms with Crippen LogP contribution in [0.15, 0.2) is 66.3 Å². The summed E-state index contributed by atoms with van der Waals surface area (Å²) in [4.78, 5) is 136. The Bertz CT molecular complexity index is 2580. The number of carbonyl (C=O) groups excluding carboxylic acids is 10. The summed E-state index contributed by atoms with van der Waals surface area (Å²) in [6, 6.07) is 10.1. The minimum absolute atomic E-state index is 0.0434. The van der Waals surface area contributed by atoms with Gasteiger partial charge in [-0.3, -0.25) is 19.2 Å². The van der Waals surface area contributed by atoms with Gasteiger partial charge in [0, 0.05) is 10.8 Å². The summed E-state index contributed by atoms with van der Waals surface area (Å²) in [7, 11) is 0. The Kier molecular flexibility index (Phi) is 36.2. The predicted octanol–water partition coefficient (Wildman–Crippen LogP) is -1.72. The Morgan fingerprint density at radius 1 is 0.616 bits per heavy atom. The van der Waals surface area contributed by atoms with Gasteiger partial charge in [-0.25, -0.2) is 38.4 Å². The van der Waals surface area contributed by atoms with Crippen LogP contribution in [-0.4, -0.2) is 216 Å². The largest absolute Gasteiger partial charge is 0.509 e. The molecular formula is C51H69N7O28. The van der Waals surface area contributed by atoms with E-state index in [9.17, 15) is 67.7 Å². The van der Waals surface area contributed by atoms with E-state index in [1.54, 1.807) is 34.6 Å². The van der Waals surface area contributed by atoms with Crippen molar-refractivity contribution in [2.45, 2.75) is 108 Å². The molecule has 476 valence electrons. The summed E-state index contributed by atoms with van der Waals surface area (Å²) in [5.74, 6) is -10.9. The van der Waals surface area contributed by atoms with Crippen LogP contribution >= 0.6 is 0 Å². The van der Waals surface area contributed by atoms with Gasteiger partial charge in [0.2, 0.25) is 12.0 Å². The number of nitrogens with two attached hydrogens (primary N) is 3. The molecular weight excluding hydrogens is 1160 g/mol. The zero-order valence-electron chi connectivity index (χ0n) is 47.1. The van der Waals surface area contributed by atoms with Gasteiger partial charge in [0.05, 0.1) is 39.6 Å². The molecule has 4 rings (SSSR count). The third-order valence-corrected chi connectivity index (χ3v) is 10.3. The number of carbonyl (C=O) groups is 12. The number of azide groups is 1. The smallest absolute Gasteiger partial charge is 0.480 e. The van der Waals surface area contributed by atoms with Crippen LogP contribution in [0.2, 0.25) is 0 Å². The van der Waals surface area contributed by atoms with Crippen molar-refractivity contribution < 1.29 is 136 Å². The number of carboxylic acid groups (broad SMARTS) is 2. The lowest BCUT2D eigenvalue weighted by molar-refractivity contribution is -0.172. The van der Waals surface area contributed by atoms with Gasteiger partial charge >= 0.3 is 60.0 Å². The van der Waals surface area contributed by atoms with E-state index in [0.29, 0.717) is 0 Å². The van der Waals surface area contributed by atoms with Gasteiger partial charge < -0.3 is 101 Å². The van der Waals surface area contributed by atoms with Crippen LogP contribution in [0.5, 0.6) is 0 Å². The van der Waals surface area contributed by atoms with Crippen molar-refractivity contribution in [3.05, 3.63) is 82.8 Å². The molecule has 35 heteroatoms. The van der Waals surface area contributed by atoms with Crippen molar-refractivity contribution in [1.29, 1.82) is 0 Å². The summed E-state index contributed by atoms with van der Waals surface area (Å²) < 4.78 is 46.4. The van der Waals surface area contributed by atoms with Crippen molar-refractivity contribution in [2.24, 2.45) is 22.3 Å². The quantitative estimate of drug-likeness (QED) is 0.00905. The lowest BCUT2D eigenvalue weighted by Crippen LogP contribution is -2.55. The van der Waals surface area contributed by atoms with Gasteiger partial charge in [0.25, 0.3) is 5.91 Å². The van der Waals surface area contributed by atoms with E-state index in [0.717, 1.165) is 22.3 Å². The highest BCUT2D eigenvalue weighted by atomic mass is 16.7. The van der Waals surface area contributed by atoms with Crippen molar-refractivity contribution in [1.82, 2.24) is 5.32 Å². The number of alkyl carbamates (subject to hydrolysis) is 1. The number of esters is 6. The number of nitrogens with zero attached hydrogens (tertiary/aromatic N) is 3. The highest BCUT2D eigenvalue weighted by Gasteiger charge is 2.52. The molecule has 0 bridgehead atoms. The number of rotatable bonds is 27. The zero-order valence-corrected chi connectivity index (χ0v) is 47.1. The number of aliphatic hydroxyl groups is 4. The molecule has 35 nitrogen and oxygen atoms in total. The second-order valence-corrected chi connectivity index (χ2v) is 16.3. The normalized spacial score (nSPS) is 15.6. The summed E-state index contributed by atoms with van der Waals surface area (Å²) in [5.41, 5.74) is 26.7. The fourth-order valence-electron chi connectivity index (χ4n) is 6.41. The Morgan fingerprint density at radius 2 is 1.03 bits per heavy atom. The van der Waals surface area contributed by atoms with Crippen molar-refractivity contribution in [2.75, 3.05) is 52.9 Å². The van der Waals surface area contributed by atoms with E-state index in [-0.39, 0.29) is 58.8 Å². The molecule has 13 N–H and O–H groups in total. The Labute approximate surface area is 489 Å². The molecule has 86 heavy (non-hydrogen) atoms. The number of epoxide rings is 1. The summed E-state index contributed by atoms with van der Waals surface area (Å²) in [6.07, 6.45) is -12.2. The second-order valence-electron chi connectivity index (χ2n) is 16.3. The molecule has 1 fully saturated rings. The fourth-order valence-corrected chi connectivity index (χ4v) is 6.41. The topological polar surface area (TPSA) is 561 Å². The molecule has 1 heterocycles. The Morgan fingerprint density at radius 3 is 1.40 bits per heavy atom. The molecule has 0 saturated carbocycles.